The zero-order chi connectivity index (χ0) is 14.8. The van der Waals surface area contributed by atoms with E-state index < -0.39 is 18.9 Å². The summed E-state index contributed by atoms with van der Waals surface area (Å²) >= 11 is 0.628. The molecule has 20 heavy (non-hydrogen) atoms. The molecule has 0 aliphatic rings. The summed E-state index contributed by atoms with van der Waals surface area (Å²) in [6, 6.07) is 0. The van der Waals surface area contributed by atoms with Gasteiger partial charge in [-0.15, -0.1) is 0 Å². The molecule has 0 saturated carbocycles. The molecular weight excluding hydrogens is 294 g/mol. The van der Waals surface area contributed by atoms with Gasteiger partial charge in [-0.1, -0.05) is 0 Å². The van der Waals surface area contributed by atoms with Gasteiger partial charge in [0.05, 0.1) is 0 Å². The molecule has 0 aliphatic carbocycles. The molecule has 0 spiro atoms. The standard InChI is InChI=1S/C12H25O6.2Al.5H/c1-7-14-9(3)16-11(5)18-12(6)17-10(4)15-8(2)13;;;;;;;/h8-12H,7H2,1-6H3;;;;;;;/q-1;;+1;;;;;. The third-order valence-electron chi connectivity index (χ3n) is 2.27. The van der Waals surface area contributed by atoms with Crippen LogP contribution >= 0.6 is 0 Å². The van der Waals surface area contributed by atoms with E-state index in [2.05, 4.69) is 0 Å². The van der Waals surface area contributed by atoms with E-state index >= 15 is 0 Å². The highest BCUT2D eigenvalue weighted by Crippen LogP contribution is 2.09. The molecule has 120 valence electrons. The molecule has 5 unspecified atom stereocenters. The second-order valence-electron chi connectivity index (χ2n) is 4.07. The first-order chi connectivity index (χ1) is 8.88. The first-order valence-electron chi connectivity index (χ1n) is 6.65. The van der Waals surface area contributed by atoms with Crippen LogP contribution in [0.2, 0.25) is 0 Å². The van der Waals surface area contributed by atoms with Crippen LogP contribution < -0.4 is 0 Å². The lowest BCUT2D eigenvalue weighted by molar-refractivity contribution is -0.316. The van der Waals surface area contributed by atoms with Crippen LogP contribution in [0.4, 0.5) is 0 Å². The molecule has 0 bridgehead atoms. The van der Waals surface area contributed by atoms with Gasteiger partial charge in [-0.2, -0.15) is 0 Å². The minimum absolute atomic E-state index is 0. The van der Waals surface area contributed by atoms with Gasteiger partial charge in [0.15, 0.2) is 42.5 Å². The molecular formula is C12H30Al2O6. The van der Waals surface area contributed by atoms with Crippen molar-refractivity contribution in [2.75, 3.05) is 6.61 Å². The van der Waals surface area contributed by atoms with Gasteiger partial charge in [-0.25, -0.2) is 0 Å². The van der Waals surface area contributed by atoms with Crippen LogP contribution in [0.1, 0.15) is 41.5 Å². The van der Waals surface area contributed by atoms with Gasteiger partial charge in [0.1, 0.15) is 6.29 Å². The van der Waals surface area contributed by atoms with Crippen LogP contribution in [0.3, 0.4) is 0 Å². The number of rotatable bonds is 11. The minimum Gasteiger partial charge on any atom is -0.484 e. The van der Waals surface area contributed by atoms with E-state index in [0.29, 0.717) is 23.2 Å². The van der Waals surface area contributed by atoms with E-state index in [9.17, 15) is 0 Å². The van der Waals surface area contributed by atoms with Gasteiger partial charge in [0.2, 0.25) is 0 Å². The van der Waals surface area contributed by atoms with Crippen molar-refractivity contribution in [1.29, 1.82) is 0 Å². The highest BCUT2D eigenvalue weighted by atomic mass is 27.1. The topological polar surface area (TPSA) is 55.4 Å². The van der Waals surface area contributed by atoms with Crippen molar-refractivity contribution < 1.29 is 27.5 Å². The number of ether oxygens (including phenoxy) is 5. The fourth-order valence-corrected chi connectivity index (χ4v) is 1.62. The summed E-state index contributed by atoms with van der Waals surface area (Å²) in [5.74, 6) is 0. The Hall–Kier alpha value is 0.825. The lowest BCUT2D eigenvalue weighted by Gasteiger charge is -2.26. The molecule has 0 aromatic carbocycles. The normalized spacial score (nSPS) is 18.7. The molecule has 0 fully saturated rings. The molecule has 0 heterocycles. The number of hydrogen-bond acceptors (Lipinski definition) is 6. The maximum absolute atomic E-state index is 5.52. The van der Waals surface area contributed by atoms with E-state index in [-0.39, 0.29) is 29.9 Å². The molecule has 0 radical (unpaired) electrons. The van der Waals surface area contributed by atoms with E-state index in [1.54, 1.807) is 20.8 Å². The van der Waals surface area contributed by atoms with Crippen molar-refractivity contribution in [1.82, 2.24) is 0 Å². The summed E-state index contributed by atoms with van der Waals surface area (Å²) in [4.78, 5) is 0. The van der Waals surface area contributed by atoms with Crippen molar-refractivity contribution in [3.8, 4) is 0 Å². The second-order valence-corrected chi connectivity index (χ2v) is 4.54. The Morgan fingerprint density at radius 1 is 0.700 bits per heavy atom. The van der Waals surface area contributed by atoms with Crippen LogP contribution in [0.5, 0.6) is 0 Å². The average molecular weight is 324 g/mol. The molecule has 0 aliphatic heterocycles. The predicted molar refractivity (Wildman–Crippen MR) is 82.8 cm³/mol. The average Bonchev–Trinajstić information content (AvgIpc) is 2.27. The number of hydrogen-bond donors (Lipinski definition) is 0. The van der Waals surface area contributed by atoms with Gasteiger partial charge in [-0.3, -0.25) is 0 Å². The lowest BCUT2D eigenvalue weighted by Crippen LogP contribution is -2.31. The zero-order valence-corrected chi connectivity index (χ0v) is 15.0. The Morgan fingerprint density at radius 2 is 1.05 bits per heavy atom. The molecule has 8 heteroatoms. The van der Waals surface area contributed by atoms with E-state index in [1.807, 2.05) is 20.8 Å². The molecule has 6 nitrogen and oxygen atoms in total. The molecule has 0 aromatic heterocycles. The Kier molecular flexibility index (Phi) is 15.6. The van der Waals surface area contributed by atoms with Crippen LogP contribution in [0.25, 0.3) is 0 Å². The Morgan fingerprint density at radius 3 is 1.40 bits per heavy atom. The molecule has 0 amide bonds. The minimum atomic E-state index is -0.444. The highest BCUT2D eigenvalue weighted by molar-refractivity contribution is 5.98. The van der Waals surface area contributed by atoms with Gasteiger partial charge in [-0.05, 0) is 41.5 Å². The predicted octanol–water partition coefficient (Wildman–Crippen LogP) is 0.200. The van der Waals surface area contributed by atoms with E-state index in [4.69, 9.17) is 27.5 Å². The second kappa shape index (κ2) is 13.5. The van der Waals surface area contributed by atoms with Crippen molar-refractivity contribution in [2.24, 2.45) is 0 Å². The molecule has 5 atom stereocenters. The first kappa shape index (κ1) is 23.1. The summed E-state index contributed by atoms with van der Waals surface area (Å²) in [6.07, 6.45) is -1.84. The monoisotopic (exact) mass is 324 g/mol. The quantitative estimate of drug-likeness (QED) is 0.400. The lowest BCUT2D eigenvalue weighted by atomic mass is 10.6. The maximum atomic E-state index is 5.52. The van der Waals surface area contributed by atoms with Crippen molar-refractivity contribution in [3.63, 3.8) is 0 Å². The highest BCUT2D eigenvalue weighted by Gasteiger charge is 2.16. The third-order valence-corrected chi connectivity index (χ3v) is 2.93. The van der Waals surface area contributed by atoms with Crippen LogP contribution in [0.15, 0.2) is 0 Å². The summed E-state index contributed by atoms with van der Waals surface area (Å²) in [7, 11) is 0. The Labute approximate surface area is 141 Å². The van der Waals surface area contributed by atoms with Crippen molar-refractivity contribution >= 4 is 34.0 Å². The molecule has 0 saturated heterocycles. The molecule has 0 N–H and O–H groups in total. The summed E-state index contributed by atoms with van der Waals surface area (Å²) < 4.78 is 32.3. The third kappa shape index (κ3) is 12.6. The van der Waals surface area contributed by atoms with Crippen molar-refractivity contribution in [2.45, 2.75) is 73.0 Å². The van der Waals surface area contributed by atoms with Gasteiger partial charge in [0, 0.05) is 6.61 Å². The first-order valence-corrected chi connectivity index (χ1v) is 7.46. The molecule has 0 aromatic rings. The van der Waals surface area contributed by atoms with E-state index in [1.165, 1.54) is 0 Å². The largest absolute Gasteiger partial charge is 0.484 e. The van der Waals surface area contributed by atoms with Crippen LogP contribution in [0, 0.1) is 0 Å². The molecule has 0 rings (SSSR count). The SMILES string of the molecule is CCOC(C)OC(C)OC(C)OC(C)OC(C)[O][AlH2].[AlH3]. The van der Waals surface area contributed by atoms with Gasteiger partial charge >= 0.3 is 16.6 Å². The van der Waals surface area contributed by atoms with Crippen molar-refractivity contribution in [3.05, 3.63) is 0 Å². The Bertz CT molecular complexity index is 222. The zero-order valence-electron chi connectivity index (χ0n) is 13.0. The summed E-state index contributed by atoms with van der Waals surface area (Å²) in [5, 5.41) is 0. The van der Waals surface area contributed by atoms with Crippen LogP contribution in [-0.2, 0) is 27.5 Å². The smallest absolute Gasteiger partial charge is 0.413 e. The van der Waals surface area contributed by atoms with Gasteiger partial charge in [0.25, 0.3) is 0 Å². The summed E-state index contributed by atoms with van der Waals surface area (Å²) in [5.41, 5.74) is 0. The maximum Gasteiger partial charge on any atom is 0.413 e. The van der Waals surface area contributed by atoms with Gasteiger partial charge < -0.3 is 27.5 Å². The fourth-order valence-electron chi connectivity index (χ4n) is 1.51. The summed E-state index contributed by atoms with van der Waals surface area (Å²) in [6.45, 7) is 11.5. The van der Waals surface area contributed by atoms with E-state index in [0.717, 1.165) is 0 Å². The van der Waals surface area contributed by atoms with Crippen LogP contribution in [-0.4, -0.2) is 72.0 Å². The Balaban J connectivity index is 0. The fraction of sp³-hybridized carbons (Fsp3) is 1.00.